The number of methoxy groups -OCH3 is 1. The Morgan fingerprint density at radius 2 is 1.96 bits per heavy atom. The molecule has 0 spiro atoms. The molecule has 0 aliphatic carbocycles. The lowest BCUT2D eigenvalue weighted by Crippen LogP contribution is -2.39. The van der Waals surface area contributed by atoms with Crippen molar-refractivity contribution in [1.29, 1.82) is 0 Å². The second-order valence-electron chi connectivity index (χ2n) is 6.10. The molecule has 0 saturated heterocycles. The molecule has 0 saturated carbocycles. The maximum atomic E-state index is 12.1. The number of hydrogen-bond acceptors (Lipinski definition) is 4. The van der Waals surface area contributed by atoms with Crippen molar-refractivity contribution < 1.29 is 9.53 Å². The molecule has 0 aliphatic rings. The summed E-state index contributed by atoms with van der Waals surface area (Å²) < 4.78 is 5.39. The highest BCUT2D eigenvalue weighted by Gasteiger charge is 2.10. The van der Waals surface area contributed by atoms with Crippen LogP contribution in [0.25, 0.3) is 0 Å². The van der Waals surface area contributed by atoms with Crippen LogP contribution in [0.3, 0.4) is 0 Å². The van der Waals surface area contributed by atoms with E-state index in [1.165, 1.54) is 0 Å². The van der Waals surface area contributed by atoms with Gasteiger partial charge in [-0.3, -0.25) is 9.79 Å². The summed E-state index contributed by atoms with van der Waals surface area (Å²) in [6.07, 6.45) is 0.317. The lowest BCUT2D eigenvalue weighted by molar-refractivity contribution is -0.116. The van der Waals surface area contributed by atoms with E-state index in [1.54, 1.807) is 20.2 Å². The predicted molar refractivity (Wildman–Crippen MR) is 123 cm³/mol. The Morgan fingerprint density at radius 1 is 1.21 bits per heavy atom. The molecule has 152 valence electrons. The molecule has 2 aromatic rings. The van der Waals surface area contributed by atoms with E-state index in [0.717, 1.165) is 17.0 Å². The summed E-state index contributed by atoms with van der Waals surface area (Å²) in [5.74, 6) is 2.02. The minimum atomic E-state index is -0.0940. The van der Waals surface area contributed by atoms with Crippen LogP contribution in [0.4, 0.5) is 5.82 Å². The number of anilines is 1. The number of hydrogen-bond donors (Lipinski definition) is 2. The number of aromatic nitrogens is 1. The summed E-state index contributed by atoms with van der Waals surface area (Å²) in [7, 11) is 5.32. The Bertz CT molecular complexity index is 798. The van der Waals surface area contributed by atoms with Crippen molar-refractivity contribution >= 4 is 41.7 Å². The molecule has 0 radical (unpaired) electrons. The first-order valence-corrected chi connectivity index (χ1v) is 8.80. The highest BCUT2D eigenvalue weighted by Crippen LogP contribution is 2.18. The lowest BCUT2D eigenvalue weighted by atomic mass is 10.2. The Morgan fingerprint density at radius 3 is 2.64 bits per heavy atom. The fourth-order valence-corrected chi connectivity index (χ4v) is 2.65. The van der Waals surface area contributed by atoms with Crippen molar-refractivity contribution in [3.63, 3.8) is 0 Å². The normalized spacial score (nSPS) is 10.6. The van der Waals surface area contributed by atoms with E-state index in [0.29, 0.717) is 31.3 Å². The van der Waals surface area contributed by atoms with Crippen molar-refractivity contribution in [3.05, 3.63) is 53.7 Å². The molecule has 1 amide bonds. The lowest BCUT2D eigenvalue weighted by Gasteiger charge is -2.23. The van der Waals surface area contributed by atoms with Crippen LogP contribution in [0.5, 0.6) is 5.75 Å². The molecular formula is C20H28IN5O2. The molecule has 0 bridgehead atoms. The fourth-order valence-electron chi connectivity index (χ4n) is 2.65. The third-order valence-corrected chi connectivity index (χ3v) is 3.96. The first-order valence-electron chi connectivity index (χ1n) is 8.80. The molecule has 1 heterocycles. The van der Waals surface area contributed by atoms with Crippen LogP contribution in [0, 0.1) is 6.92 Å². The molecule has 7 nitrogen and oxygen atoms in total. The highest BCUT2D eigenvalue weighted by molar-refractivity contribution is 14.0. The predicted octanol–water partition coefficient (Wildman–Crippen LogP) is 3.05. The number of carbonyl (C=O) groups is 1. The van der Waals surface area contributed by atoms with Gasteiger partial charge in [-0.05, 0) is 25.1 Å². The molecule has 1 aromatic carbocycles. The number of pyridine rings is 1. The Labute approximate surface area is 183 Å². The number of halogens is 1. The summed E-state index contributed by atoms with van der Waals surface area (Å²) >= 11 is 0. The number of carbonyl (C=O) groups excluding carboxylic acids is 1. The Hall–Kier alpha value is -2.36. The second kappa shape index (κ2) is 12.2. The van der Waals surface area contributed by atoms with Crippen LogP contribution < -0.4 is 15.4 Å². The zero-order valence-electron chi connectivity index (χ0n) is 16.7. The van der Waals surface area contributed by atoms with Crippen molar-refractivity contribution in [3.8, 4) is 5.75 Å². The standard InChI is InChI=1S/C20H27N5O2.HI/c1-15-8-7-11-18(23-15)24-19(26)12-13-22-20(21-2)25(3)14-16-9-5-6-10-17(16)27-4;/h5-11H,12-14H2,1-4H3,(H,21,22)(H,23,24,26);1H. The van der Waals surface area contributed by atoms with Gasteiger partial charge in [0.05, 0.1) is 7.11 Å². The van der Waals surface area contributed by atoms with E-state index in [1.807, 2.05) is 55.3 Å². The van der Waals surface area contributed by atoms with E-state index < -0.39 is 0 Å². The SMILES string of the molecule is CN=C(NCCC(=O)Nc1cccc(C)n1)N(C)Cc1ccccc1OC.I. The minimum Gasteiger partial charge on any atom is -0.496 e. The largest absolute Gasteiger partial charge is 0.496 e. The number of nitrogens with zero attached hydrogens (tertiary/aromatic N) is 3. The number of aliphatic imine (C=N–C) groups is 1. The number of benzene rings is 1. The molecular weight excluding hydrogens is 469 g/mol. The average molecular weight is 497 g/mol. The van der Waals surface area contributed by atoms with Crippen molar-refractivity contribution in [2.75, 3.05) is 33.1 Å². The first kappa shape index (κ1) is 23.7. The third-order valence-electron chi connectivity index (χ3n) is 3.96. The second-order valence-corrected chi connectivity index (χ2v) is 6.10. The Balaban J connectivity index is 0.00000392. The average Bonchev–Trinajstić information content (AvgIpc) is 2.65. The van der Waals surface area contributed by atoms with Gasteiger partial charge in [-0.25, -0.2) is 4.98 Å². The number of ether oxygens (including phenoxy) is 1. The smallest absolute Gasteiger partial charge is 0.227 e. The maximum Gasteiger partial charge on any atom is 0.227 e. The monoisotopic (exact) mass is 497 g/mol. The molecule has 0 unspecified atom stereocenters. The Kier molecular flexibility index (Phi) is 10.3. The fraction of sp³-hybridized carbons (Fsp3) is 0.350. The van der Waals surface area contributed by atoms with Crippen LogP contribution in [0.15, 0.2) is 47.5 Å². The topological polar surface area (TPSA) is 78.8 Å². The van der Waals surface area contributed by atoms with Gasteiger partial charge in [-0.15, -0.1) is 24.0 Å². The van der Waals surface area contributed by atoms with E-state index >= 15 is 0 Å². The summed E-state index contributed by atoms with van der Waals surface area (Å²) in [6.45, 7) is 3.00. The number of guanidine groups is 1. The first-order chi connectivity index (χ1) is 13.0. The van der Waals surface area contributed by atoms with E-state index in [4.69, 9.17) is 4.74 Å². The summed E-state index contributed by atoms with van der Waals surface area (Å²) in [5, 5.41) is 6.01. The molecule has 8 heteroatoms. The van der Waals surface area contributed by atoms with E-state index in [9.17, 15) is 4.79 Å². The van der Waals surface area contributed by atoms with Gasteiger partial charge < -0.3 is 20.3 Å². The number of aryl methyl sites for hydroxylation is 1. The van der Waals surface area contributed by atoms with Gasteiger partial charge >= 0.3 is 0 Å². The van der Waals surface area contributed by atoms with E-state index in [-0.39, 0.29) is 29.9 Å². The number of nitrogens with one attached hydrogen (secondary N) is 2. The summed E-state index contributed by atoms with van der Waals surface area (Å²) in [4.78, 5) is 22.6. The number of para-hydroxylation sites is 1. The van der Waals surface area contributed by atoms with Gasteiger partial charge in [-0.1, -0.05) is 24.3 Å². The summed E-state index contributed by atoms with van der Waals surface area (Å²) in [6, 6.07) is 13.4. The highest BCUT2D eigenvalue weighted by atomic mass is 127. The molecule has 28 heavy (non-hydrogen) atoms. The number of rotatable bonds is 7. The van der Waals surface area contributed by atoms with Crippen LogP contribution in [0.1, 0.15) is 17.7 Å². The van der Waals surface area contributed by atoms with E-state index in [2.05, 4.69) is 20.6 Å². The van der Waals surface area contributed by atoms with Gasteiger partial charge in [0.1, 0.15) is 11.6 Å². The van der Waals surface area contributed by atoms with Gasteiger partial charge in [0.25, 0.3) is 0 Å². The van der Waals surface area contributed by atoms with Gasteiger partial charge in [0.15, 0.2) is 5.96 Å². The maximum absolute atomic E-state index is 12.1. The van der Waals surface area contributed by atoms with Gasteiger partial charge in [-0.2, -0.15) is 0 Å². The third kappa shape index (κ3) is 7.34. The van der Waals surface area contributed by atoms with Crippen LogP contribution in [0.2, 0.25) is 0 Å². The zero-order valence-corrected chi connectivity index (χ0v) is 19.1. The molecule has 2 N–H and O–H groups in total. The van der Waals surface area contributed by atoms with Crippen LogP contribution in [-0.2, 0) is 11.3 Å². The minimum absolute atomic E-state index is 0. The van der Waals surface area contributed by atoms with Crippen molar-refractivity contribution in [2.45, 2.75) is 19.9 Å². The van der Waals surface area contributed by atoms with Crippen molar-refractivity contribution in [1.82, 2.24) is 15.2 Å². The molecule has 2 rings (SSSR count). The van der Waals surface area contributed by atoms with Crippen molar-refractivity contribution in [2.24, 2.45) is 4.99 Å². The van der Waals surface area contributed by atoms with Gasteiger partial charge in [0.2, 0.25) is 5.91 Å². The van der Waals surface area contributed by atoms with Gasteiger partial charge in [0, 0.05) is 44.9 Å². The van der Waals surface area contributed by atoms with Crippen LogP contribution >= 0.6 is 24.0 Å². The molecule has 0 atom stereocenters. The van der Waals surface area contributed by atoms with Crippen LogP contribution in [-0.4, -0.2) is 49.5 Å². The summed E-state index contributed by atoms with van der Waals surface area (Å²) in [5.41, 5.74) is 1.93. The zero-order chi connectivity index (χ0) is 19.6. The molecule has 1 aromatic heterocycles. The molecule has 0 fully saturated rings. The quantitative estimate of drug-likeness (QED) is 0.350. The molecule has 0 aliphatic heterocycles. The number of amides is 1.